The average molecular weight is 284 g/mol. The van der Waals surface area contributed by atoms with Gasteiger partial charge in [-0.2, -0.15) is 0 Å². The number of nitrogens with zero attached hydrogens (tertiary/aromatic N) is 1. The predicted octanol–water partition coefficient (Wildman–Crippen LogP) is 3.29. The van der Waals surface area contributed by atoms with Crippen LogP contribution in [0.1, 0.15) is 28.3 Å². The summed E-state index contributed by atoms with van der Waals surface area (Å²) < 4.78 is 27.4. The van der Waals surface area contributed by atoms with Gasteiger partial charge in [-0.15, -0.1) is 11.3 Å². The summed E-state index contributed by atoms with van der Waals surface area (Å²) in [6.07, 6.45) is 1.60. The van der Waals surface area contributed by atoms with E-state index < -0.39 is 23.2 Å². The molecule has 0 amide bonds. The summed E-state index contributed by atoms with van der Waals surface area (Å²) in [4.78, 5) is 14.7. The highest BCUT2D eigenvalue weighted by Gasteiger charge is 2.17. The Hall–Kier alpha value is -2.02. The zero-order valence-corrected chi connectivity index (χ0v) is 10.7. The van der Waals surface area contributed by atoms with Gasteiger partial charge in [0, 0.05) is 11.6 Å². The molecular weight excluding hydrogens is 274 g/mol. The number of carboxylic acid groups (broad SMARTS) is 1. The molecule has 0 radical (unpaired) electrons. The largest absolute Gasteiger partial charge is 0.478 e. The standard InChI is InChI=1S/C12H10F2N2O2S/c1-6(11-15-2-3-19-11)16-10-8(13)4-7(12(17)18)5-9(10)14/h2-6,16H,1H3,(H,17,18). The van der Waals surface area contributed by atoms with Gasteiger partial charge >= 0.3 is 5.97 Å². The molecule has 0 saturated carbocycles. The minimum absolute atomic E-state index is 0.354. The number of hydrogen-bond acceptors (Lipinski definition) is 4. The lowest BCUT2D eigenvalue weighted by molar-refractivity contribution is 0.0696. The quantitative estimate of drug-likeness (QED) is 0.904. The van der Waals surface area contributed by atoms with Crippen molar-refractivity contribution in [2.45, 2.75) is 13.0 Å². The lowest BCUT2D eigenvalue weighted by atomic mass is 10.1. The molecular formula is C12H10F2N2O2S. The molecule has 1 aromatic carbocycles. The Labute approximate surface area is 111 Å². The fourth-order valence-electron chi connectivity index (χ4n) is 1.56. The molecule has 2 rings (SSSR count). The van der Waals surface area contributed by atoms with E-state index in [1.165, 1.54) is 11.3 Å². The normalized spacial score (nSPS) is 12.2. The molecule has 0 saturated heterocycles. The minimum Gasteiger partial charge on any atom is -0.478 e. The van der Waals surface area contributed by atoms with Crippen LogP contribution in [0.3, 0.4) is 0 Å². The monoisotopic (exact) mass is 284 g/mol. The maximum Gasteiger partial charge on any atom is 0.335 e. The summed E-state index contributed by atoms with van der Waals surface area (Å²) >= 11 is 1.36. The summed E-state index contributed by atoms with van der Waals surface area (Å²) in [5, 5.41) is 13.8. The number of nitrogens with one attached hydrogen (secondary N) is 1. The number of aromatic nitrogens is 1. The predicted molar refractivity (Wildman–Crippen MR) is 67.5 cm³/mol. The highest BCUT2D eigenvalue weighted by Crippen LogP contribution is 2.26. The number of benzene rings is 1. The maximum absolute atomic E-state index is 13.7. The van der Waals surface area contributed by atoms with Gasteiger partial charge in [0.1, 0.15) is 22.3 Å². The summed E-state index contributed by atoms with van der Waals surface area (Å²) in [6, 6.07) is 1.18. The van der Waals surface area contributed by atoms with Gasteiger partial charge in [0.15, 0.2) is 0 Å². The van der Waals surface area contributed by atoms with Gasteiger partial charge in [0.25, 0.3) is 0 Å². The second kappa shape index (κ2) is 5.31. The van der Waals surface area contributed by atoms with Crippen molar-refractivity contribution >= 4 is 23.0 Å². The number of anilines is 1. The van der Waals surface area contributed by atoms with E-state index in [1.54, 1.807) is 18.5 Å². The molecule has 1 atom stereocenters. The molecule has 7 heteroatoms. The number of halogens is 2. The van der Waals surface area contributed by atoms with E-state index in [2.05, 4.69) is 10.3 Å². The average Bonchev–Trinajstić information content (AvgIpc) is 2.86. The SMILES string of the molecule is CC(Nc1c(F)cc(C(=O)O)cc1F)c1nccs1. The Morgan fingerprint density at radius 3 is 2.53 bits per heavy atom. The molecule has 0 aliphatic carbocycles. The van der Waals surface area contributed by atoms with E-state index in [-0.39, 0.29) is 11.7 Å². The first kappa shape index (κ1) is 13.4. The molecule has 0 spiro atoms. The zero-order chi connectivity index (χ0) is 14.0. The second-order valence-electron chi connectivity index (χ2n) is 3.86. The number of rotatable bonds is 4. The van der Waals surface area contributed by atoms with E-state index in [0.717, 1.165) is 12.1 Å². The molecule has 4 nitrogen and oxygen atoms in total. The van der Waals surface area contributed by atoms with Crippen molar-refractivity contribution in [1.82, 2.24) is 4.98 Å². The van der Waals surface area contributed by atoms with Crippen LogP contribution < -0.4 is 5.32 Å². The molecule has 2 N–H and O–H groups in total. The van der Waals surface area contributed by atoms with Gasteiger partial charge in [-0.1, -0.05) is 0 Å². The number of hydrogen-bond donors (Lipinski definition) is 2. The van der Waals surface area contributed by atoms with Crippen molar-refractivity contribution < 1.29 is 18.7 Å². The third-order valence-electron chi connectivity index (χ3n) is 2.47. The van der Waals surface area contributed by atoms with Gasteiger partial charge in [-0.05, 0) is 19.1 Å². The van der Waals surface area contributed by atoms with Gasteiger partial charge < -0.3 is 10.4 Å². The second-order valence-corrected chi connectivity index (χ2v) is 4.78. The smallest absolute Gasteiger partial charge is 0.335 e. The van der Waals surface area contributed by atoms with Crippen molar-refractivity contribution in [2.75, 3.05) is 5.32 Å². The highest BCUT2D eigenvalue weighted by atomic mass is 32.1. The first-order valence-corrected chi connectivity index (χ1v) is 6.25. The molecule has 100 valence electrons. The van der Waals surface area contributed by atoms with Crippen LogP contribution in [-0.4, -0.2) is 16.1 Å². The van der Waals surface area contributed by atoms with Gasteiger partial charge in [0.05, 0.1) is 11.6 Å². The Morgan fingerprint density at radius 2 is 2.05 bits per heavy atom. The van der Waals surface area contributed by atoms with Crippen LogP contribution in [0, 0.1) is 11.6 Å². The fourth-order valence-corrected chi connectivity index (χ4v) is 2.21. The van der Waals surface area contributed by atoms with Crippen LogP contribution in [0.5, 0.6) is 0 Å². The van der Waals surface area contributed by atoms with E-state index >= 15 is 0 Å². The van der Waals surface area contributed by atoms with Gasteiger partial charge in [0.2, 0.25) is 0 Å². The topological polar surface area (TPSA) is 62.2 Å². The van der Waals surface area contributed by atoms with E-state index in [9.17, 15) is 13.6 Å². The Bertz CT molecular complexity index is 579. The van der Waals surface area contributed by atoms with Crippen LogP contribution in [0.4, 0.5) is 14.5 Å². The molecule has 19 heavy (non-hydrogen) atoms. The molecule has 0 bridgehead atoms. The van der Waals surface area contributed by atoms with Gasteiger partial charge in [-0.25, -0.2) is 18.6 Å². The van der Waals surface area contributed by atoms with E-state index in [0.29, 0.717) is 5.01 Å². The van der Waals surface area contributed by atoms with Crippen molar-refractivity contribution in [3.63, 3.8) is 0 Å². The molecule has 0 fully saturated rings. The summed E-state index contributed by atoms with van der Waals surface area (Å²) in [5.41, 5.74) is -0.782. The molecule has 1 heterocycles. The van der Waals surface area contributed by atoms with Gasteiger partial charge in [-0.3, -0.25) is 0 Å². The lowest BCUT2D eigenvalue weighted by Crippen LogP contribution is -2.10. The lowest BCUT2D eigenvalue weighted by Gasteiger charge is -2.14. The third kappa shape index (κ3) is 2.87. The van der Waals surface area contributed by atoms with Crippen LogP contribution in [0.2, 0.25) is 0 Å². The third-order valence-corrected chi connectivity index (χ3v) is 3.43. The molecule has 2 aromatic rings. The number of thiazole rings is 1. The summed E-state index contributed by atoms with van der Waals surface area (Å²) in [5.74, 6) is -3.26. The first-order chi connectivity index (χ1) is 8.99. The van der Waals surface area contributed by atoms with Crippen LogP contribution >= 0.6 is 11.3 Å². The first-order valence-electron chi connectivity index (χ1n) is 5.37. The zero-order valence-electron chi connectivity index (χ0n) is 9.85. The number of carbonyl (C=O) groups is 1. The Morgan fingerprint density at radius 1 is 1.42 bits per heavy atom. The molecule has 1 unspecified atom stereocenters. The van der Waals surface area contributed by atoms with Crippen molar-refractivity contribution in [3.05, 3.63) is 45.9 Å². The van der Waals surface area contributed by atoms with Crippen molar-refractivity contribution in [2.24, 2.45) is 0 Å². The Kier molecular flexibility index (Phi) is 3.75. The molecule has 0 aliphatic heterocycles. The Balaban J connectivity index is 2.28. The van der Waals surface area contributed by atoms with Crippen LogP contribution in [0.25, 0.3) is 0 Å². The minimum atomic E-state index is -1.38. The maximum atomic E-state index is 13.7. The van der Waals surface area contributed by atoms with E-state index in [4.69, 9.17) is 5.11 Å². The summed E-state index contributed by atoms with van der Waals surface area (Å²) in [6.45, 7) is 1.71. The number of aromatic carboxylic acids is 1. The number of carboxylic acids is 1. The molecule has 1 aromatic heterocycles. The fraction of sp³-hybridized carbons (Fsp3) is 0.167. The highest BCUT2D eigenvalue weighted by molar-refractivity contribution is 7.09. The summed E-state index contributed by atoms with van der Waals surface area (Å²) in [7, 11) is 0. The van der Waals surface area contributed by atoms with E-state index in [1.807, 2.05) is 0 Å². The van der Waals surface area contributed by atoms with Crippen LogP contribution in [0.15, 0.2) is 23.7 Å². The van der Waals surface area contributed by atoms with Crippen LogP contribution in [-0.2, 0) is 0 Å². The van der Waals surface area contributed by atoms with Crippen molar-refractivity contribution in [1.29, 1.82) is 0 Å². The van der Waals surface area contributed by atoms with Crippen molar-refractivity contribution in [3.8, 4) is 0 Å². The molecule has 0 aliphatic rings.